The third-order valence-electron chi connectivity index (χ3n) is 0.992. The van der Waals surface area contributed by atoms with E-state index in [9.17, 15) is 4.79 Å². The number of hydrogen-bond acceptors (Lipinski definition) is 2. The largest absolute Gasteiger partial charge is 0.489 e. The lowest BCUT2D eigenvalue weighted by molar-refractivity contribution is -0.121. The van der Waals surface area contributed by atoms with Gasteiger partial charge in [0.2, 0.25) is 0 Å². The molecule has 0 saturated carbocycles. The van der Waals surface area contributed by atoms with E-state index in [0.717, 1.165) is 0 Å². The molecule has 0 saturated heterocycles. The van der Waals surface area contributed by atoms with Crippen molar-refractivity contribution in [2.75, 3.05) is 6.61 Å². The lowest BCUT2D eigenvalue weighted by atomic mass is 10.4. The van der Waals surface area contributed by atoms with Gasteiger partial charge in [-0.1, -0.05) is 6.58 Å². The standard InChI is InChI=1S/C8H15NO2/c1-5-11-7(4)8(10)9-6(2)3/h6H,4-5H2,1-3H3,(H,9,10). The molecule has 3 heteroatoms. The van der Waals surface area contributed by atoms with Crippen molar-refractivity contribution in [1.82, 2.24) is 5.32 Å². The van der Waals surface area contributed by atoms with E-state index in [2.05, 4.69) is 11.9 Å². The van der Waals surface area contributed by atoms with Crippen molar-refractivity contribution in [3.05, 3.63) is 12.3 Å². The van der Waals surface area contributed by atoms with Gasteiger partial charge < -0.3 is 10.1 Å². The number of hydrogen-bond donors (Lipinski definition) is 1. The van der Waals surface area contributed by atoms with Crippen LogP contribution in [0.2, 0.25) is 0 Å². The van der Waals surface area contributed by atoms with Crippen molar-refractivity contribution < 1.29 is 9.53 Å². The summed E-state index contributed by atoms with van der Waals surface area (Å²) in [5.74, 6) is -0.0527. The Morgan fingerprint density at radius 3 is 2.55 bits per heavy atom. The summed E-state index contributed by atoms with van der Waals surface area (Å²) in [4.78, 5) is 11.0. The fraction of sp³-hybridized carbons (Fsp3) is 0.625. The fourth-order valence-electron chi connectivity index (χ4n) is 0.582. The Balaban J connectivity index is 3.74. The first-order valence-corrected chi connectivity index (χ1v) is 3.70. The quantitative estimate of drug-likeness (QED) is 0.489. The molecule has 64 valence electrons. The molecule has 0 fully saturated rings. The average molecular weight is 157 g/mol. The van der Waals surface area contributed by atoms with Crippen molar-refractivity contribution in [3.8, 4) is 0 Å². The monoisotopic (exact) mass is 157 g/mol. The summed E-state index contributed by atoms with van der Waals surface area (Å²) in [5, 5.41) is 2.66. The van der Waals surface area contributed by atoms with Crippen molar-refractivity contribution >= 4 is 5.91 Å². The number of rotatable bonds is 4. The number of carbonyl (C=O) groups is 1. The average Bonchev–Trinajstić information content (AvgIpc) is 1.86. The van der Waals surface area contributed by atoms with E-state index in [1.165, 1.54) is 0 Å². The Kier molecular flexibility index (Phi) is 4.34. The highest BCUT2D eigenvalue weighted by molar-refractivity contribution is 5.90. The van der Waals surface area contributed by atoms with E-state index in [1.54, 1.807) is 0 Å². The Hall–Kier alpha value is -0.990. The molecule has 1 N–H and O–H groups in total. The molecule has 0 heterocycles. The van der Waals surface area contributed by atoms with Gasteiger partial charge in [0.15, 0.2) is 5.76 Å². The maximum absolute atomic E-state index is 11.0. The first-order valence-electron chi connectivity index (χ1n) is 3.70. The minimum atomic E-state index is -0.234. The molecule has 11 heavy (non-hydrogen) atoms. The van der Waals surface area contributed by atoms with Gasteiger partial charge in [-0.05, 0) is 20.8 Å². The van der Waals surface area contributed by atoms with Gasteiger partial charge in [-0.25, -0.2) is 0 Å². The minimum absolute atomic E-state index is 0.125. The van der Waals surface area contributed by atoms with Crippen LogP contribution in [0.15, 0.2) is 12.3 Å². The van der Waals surface area contributed by atoms with Crippen LogP contribution >= 0.6 is 0 Å². The summed E-state index contributed by atoms with van der Waals surface area (Å²) in [7, 11) is 0. The van der Waals surface area contributed by atoms with Crippen LogP contribution in [0, 0.1) is 0 Å². The van der Waals surface area contributed by atoms with Crippen LogP contribution in [0.5, 0.6) is 0 Å². The van der Waals surface area contributed by atoms with E-state index in [-0.39, 0.29) is 17.7 Å². The van der Waals surface area contributed by atoms with Crippen molar-refractivity contribution in [1.29, 1.82) is 0 Å². The zero-order valence-electron chi connectivity index (χ0n) is 7.31. The normalized spacial score (nSPS) is 9.45. The Morgan fingerprint density at radius 2 is 2.18 bits per heavy atom. The molecule has 0 aromatic heterocycles. The first-order chi connectivity index (χ1) is 5.07. The number of carbonyl (C=O) groups excluding carboxylic acids is 1. The lowest BCUT2D eigenvalue weighted by Crippen LogP contribution is -2.31. The summed E-state index contributed by atoms with van der Waals surface area (Å²) in [5.41, 5.74) is 0. The summed E-state index contributed by atoms with van der Waals surface area (Å²) < 4.78 is 4.90. The molecule has 0 radical (unpaired) electrons. The Bertz CT molecular complexity index is 152. The first kappa shape index (κ1) is 10.0. The predicted octanol–water partition coefficient (Wildman–Crippen LogP) is 1.06. The highest BCUT2D eigenvalue weighted by Gasteiger charge is 2.07. The zero-order valence-corrected chi connectivity index (χ0v) is 7.31. The second-order valence-electron chi connectivity index (χ2n) is 2.48. The van der Waals surface area contributed by atoms with Crippen molar-refractivity contribution in [3.63, 3.8) is 0 Å². The number of ether oxygens (including phenoxy) is 1. The highest BCUT2D eigenvalue weighted by Crippen LogP contribution is 1.93. The summed E-state index contributed by atoms with van der Waals surface area (Å²) in [6, 6.07) is 0.125. The maximum Gasteiger partial charge on any atom is 0.285 e. The van der Waals surface area contributed by atoms with Crippen LogP contribution in [0.1, 0.15) is 20.8 Å². The molecule has 0 aromatic carbocycles. The second-order valence-corrected chi connectivity index (χ2v) is 2.48. The topological polar surface area (TPSA) is 38.3 Å². The van der Waals surface area contributed by atoms with Gasteiger partial charge in [0.25, 0.3) is 5.91 Å². The molecular formula is C8H15NO2. The molecule has 0 spiro atoms. The van der Waals surface area contributed by atoms with Gasteiger partial charge in [-0.15, -0.1) is 0 Å². The van der Waals surface area contributed by atoms with Crippen LogP contribution < -0.4 is 5.32 Å². The molecule has 1 amide bonds. The second kappa shape index (κ2) is 4.77. The third-order valence-corrected chi connectivity index (χ3v) is 0.992. The van der Waals surface area contributed by atoms with E-state index in [4.69, 9.17) is 4.74 Å². The highest BCUT2D eigenvalue weighted by atomic mass is 16.5. The van der Waals surface area contributed by atoms with E-state index in [0.29, 0.717) is 6.61 Å². The van der Waals surface area contributed by atoms with Crippen LogP contribution in [0.4, 0.5) is 0 Å². The molecule has 0 unspecified atom stereocenters. The summed E-state index contributed by atoms with van der Waals surface area (Å²) in [6.45, 7) is 9.53. The van der Waals surface area contributed by atoms with Crippen LogP contribution in [-0.4, -0.2) is 18.6 Å². The van der Waals surface area contributed by atoms with Crippen LogP contribution in [0.3, 0.4) is 0 Å². The molecule has 0 rings (SSSR count). The minimum Gasteiger partial charge on any atom is -0.489 e. The maximum atomic E-state index is 11.0. The fourth-order valence-corrected chi connectivity index (χ4v) is 0.582. The van der Waals surface area contributed by atoms with E-state index < -0.39 is 0 Å². The van der Waals surface area contributed by atoms with Gasteiger partial charge in [-0.2, -0.15) is 0 Å². The third kappa shape index (κ3) is 4.42. The van der Waals surface area contributed by atoms with Crippen molar-refractivity contribution in [2.45, 2.75) is 26.8 Å². The molecule has 0 aliphatic rings. The molecule has 0 aromatic rings. The van der Waals surface area contributed by atoms with Gasteiger partial charge >= 0.3 is 0 Å². The SMILES string of the molecule is C=C(OCC)C(=O)NC(C)C. The van der Waals surface area contributed by atoms with Gasteiger partial charge in [0.05, 0.1) is 6.61 Å². The molecule has 0 atom stereocenters. The lowest BCUT2D eigenvalue weighted by Gasteiger charge is -2.09. The zero-order chi connectivity index (χ0) is 8.85. The number of amides is 1. The smallest absolute Gasteiger partial charge is 0.285 e. The van der Waals surface area contributed by atoms with Crippen molar-refractivity contribution in [2.24, 2.45) is 0 Å². The van der Waals surface area contributed by atoms with Gasteiger partial charge in [-0.3, -0.25) is 4.79 Å². The van der Waals surface area contributed by atoms with Gasteiger partial charge in [0.1, 0.15) is 0 Å². The summed E-state index contributed by atoms with van der Waals surface area (Å²) in [6.07, 6.45) is 0. The van der Waals surface area contributed by atoms with E-state index >= 15 is 0 Å². The van der Waals surface area contributed by atoms with Gasteiger partial charge in [0, 0.05) is 6.04 Å². The van der Waals surface area contributed by atoms with Crippen LogP contribution in [-0.2, 0) is 9.53 Å². The number of nitrogens with one attached hydrogen (secondary N) is 1. The predicted molar refractivity (Wildman–Crippen MR) is 44.0 cm³/mol. The Labute approximate surface area is 67.4 Å². The molecule has 0 aliphatic carbocycles. The molecule has 0 aliphatic heterocycles. The molecule has 0 bridgehead atoms. The molecule has 3 nitrogen and oxygen atoms in total. The summed E-state index contributed by atoms with van der Waals surface area (Å²) >= 11 is 0. The Morgan fingerprint density at radius 1 is 1.64 bits per heavy atom. The molecular weight excluding hydrogens is 142 g/mol. The van der Waals surface area contributed by atoms with Crippen LogP contribution in [0.25, 0.3) is 0 Å². The van der Waals surface area contributed by atoms with E-state index in [1.807, 2.05) is 20.8 Å².